The number of nitrogens with zero attached hydrogens (tertiary/aromatic N) is 3. The van der Waals surface area contributed by atoms with Crippen molar-refractivity contribution in [1.82, 2.24) is 9.55 Å². The van der Waals surface area contributed by atoms with Gasteiger partial charge in [0.05, 0.1) is 18.2 Å². The van der Waals surface area contributed by atoms with Crippen LogP contribution in [0, 0.1) is 0 Å². The fraction of sp³-hybridized carbons (Fsp3) is 0.450. The van der Waals surface area contributed by atoms with Crippen LogP contribution in [-0.2, 0) is 4.74 Å². The second-order valence-electron chi connectivity index (χ2n) is 7.05. The average molecular weight is 369 g/mol. The molecular formula is C20H23N3O2S. The molecule has 2 aromatic heterocycles. The number of thiazole rings is 1. The molecule has 26 heavy (non-hydrogen) atoms. The van der Waals surface area contributed by atoms with Crippen LogP contribution >= 0.6 is 11.3 Å². The molecule has 1 atom stereocenters. The number of aromatic nitrogens is 2. The maximum Gasteiger partial charge on any atom is 0.185 e. The van der Waals surface area contributed by atoms with Crippen LogP contribution < -0.4 is 9.64 Å². The van der Waals surface area contributed by atoms with Gasteiger partial charge in [0.1, 0.15) is 11.9 Å². The SMILES string of the molecule is c1cc(OC2CCN(c3nccs3)CC2)c2ccn(C3CCOC3)c2c1. The van der Waals surface area contributed by atoms with Crippen molar-refractivity contribution in [3.63, 3.8) is 0 Å². The van der Waals surface area contributed by atoms with Gasteiger partial charge in [-0.15, -0.1) is 11.3 Å². The summed E-state index contributed by atoms with van der Waals surface area (Å²) in [5.41, 5.74) is 1.25. The molecule has 5 nitrogen and oxygen atoms in total. The summed E-state index contributed by atoms with van der Waals surface area (Å²) in [7, 11) is 0. The first-order chi connectivity index (χ1) is 12.9. The Hall–Kier alpha value is -2.05. The standard InChI is InChI=1S/C20H23N3O2S/c1-2-18-17(6-11-23(18)15-7-12-24-14-15)19(3-1)25-16-4-9-22(10-5-16)20-21-8-13-26-20/h1-3,6,8,11,13,15-16H,4-5,7,9-10,12,14H2. The minimum atomic E-state index is 0.273. The lowest BCUT2D eigenvalue weighted by molar-refractivity contribution is 0.173. The zero-order chi connectivity index (χ0) is 17.3. The maximum atomic E-state index is 6.42. The van der Waals surface area contributed by atoms with E-state index >= 15 is 0 Å². The predicted octanol–water partition coefficient (Wildman–Crippen LogP) is 4.11. The topological polar surface area (TPSA) is 39.5 Å². The minimum absolute atomic E-state index is 0.273. The zero-order valence-corrected chi connectivity index (χ0v) is 15.5. The number of piperidine rings is 1. The van der Waals surface area contributed by atoms with E-state index in [2.05, 4.69) is 44.9 Å². The Kier molecular flexibility index (Phi) is 4.30. The first-order valence-corrected chi connectivity index (χ1v) is 10.2. The molecule has 1 aromatic carbocycles. The zero-order valence-electron chi connectivity index (χ0n) is 14.7. The molecule has 3 aromatic rings. The van der Waals surface area contributed by atoms with Gasteiger partial charge in [0.2, 0.25) is 0 Å². The van der Waals surface area contributed by atoms with Crippen LogP contribution in [0.5, 0.6) is 5.75 Å². The molecule has 2 fully saturated rings. The van der Waals surface area contributed by atoms with Crippen molar-refractivity contribution in [1.29, 1.82) is 0 Å². The van der Waals surface area contributed by atoms with Crippen molar-refractivity contribution in [2.75, 3.05) is 31.2 Å². The summed E-state index contributed by atoms with van der Waals surface area (Å²) in [5.74, 6) is 1.01. The highest BCUT2D eigenvalue weighted by molar-refractivity contribution is 7.13. The molecule has 1 unspecified atom stereocenters. The van der Waals surface area contributed by atoms with Crippen LogP contribution in [0.3, 0.4) is 0 Å². The molecule has 136 valence electrons. The van der Waals surface area contributed by atoms with Gasteiger partial charge in [-0.05, 0) is 24.6 Å². The largest absolute Gasteiger partial charge is 0.490 e. The fourth-order valence-corrected chi connectivity index (χ4v) is 4.74. The van der Waals surface area contributed by atoms with Gasteiger partial charge in [-0.2, -0.15) is 0 Å². The van der Waals surface area contributed by atoms with Crippen LogP contribution in [0.15, 0.2) is 42.0 Å². The summed E-state index contributed by atoms with van der Waals surface area (Å²) >= 11 is 1.71. The summed E-state index contributed by atoms with van der Waals surface area (Å²) in [6.45, 7) is 3.69. The van der Waals surface area contributed by atoms with Crippen molar-refractivity contribution in [3.05, 3.63) is 42.0 Å². The van der Waals surface area contributed by atoms with Crippen LogP contribution in [0.4, 0.5) is 5.13 Å². The van der Waals surface area contributed by atoms with Crippen LogP contribution in [0.2, 0.25) is 0 Å². The quantitative estimate of drug-likeness (QED) is 0.694. The second kappa shape index (κ2) is 6.93. The van der Waals surface area contributed by atoms with Gasteiger partial charge in [-0.3, -0.25) is 0 Å². The molecule has 5 rings (SSSR count). The highest BCUT2D eigenvalue weighted by atomic mass is 32.1. The molecule has 0 N–H and O–H groups in total. The van der Waals surface area contributed by atoms with Crippen molar-refractivity contribution >= 4 is 27.4 Å². The fourth-order valence-electron chi connectivity index (χ4n) is 4.04. The Morgan fingerprint density at radius 3 is 2.85 bits per heavy atom. The number of benzene rings is 1. The first kappa shape index (κ1) is 16.1. The molecule has 2 aliphatic heterocycles. The van der Waals surface area contributed by atoms with E-state index in [1.807, 2.05) is 11.6 Å². The molecule has 0 saturated carbocycles. The molecule has 0 spiro atoms. The van der Waals surface area contributed by atoms with E-state index in [4.69, 9.17) is 9.47 Å². The van der Waals surface area contributed by atoms with Crippen molar-refractivity contribution in [3.8, 4) is 5.75 Å². The summed E-state index contributed by atoms with van der Waals surface area (Å²) in [6.07, 6.45) is 7.49. The molecule has 0 bridgehead atoms. The van der Waals surface area contributed by atoms with Crippen molar-refractivity contribution in [2.45, 2.75) is 31.4 Å². The number of ether oxygens (including phenoxy) is 2. The third kappa shape index (κ3) is 2.97. The van der Waals surface area contributed by atoms with E-state index in [1.54, 1.807) is 11.3 Å². The van der Waals surface area contributed by atoms with E-state index < -0.39 is 0 Å². The summed E-state index contributed by atoms with van der Waals surface area (Å²) in [5, 5.41) is 4.38. The monoisotopic (exact) mass is 369 g/mol. The number of hydrogen-bond donors (Lipinski definition) is 0. The number of fused-ring (bicyclic) bond motifs is 1. The normalized spacial score (nSPS) is 21.5. The van der Waals surface area contributed by atoms with E-state index in [0.29, 0.717) is 6.04 Å². The summed E-state index contributed by atoms with van der Waals surface area (Å²) in [6, 6.07) is 9.03. The first-order valence-electron chi connectivity index (χ1n) is 9.37. The summed E-state index contributed by atoms with van der Waals surface area (Å²) < 4.78 is 14.3. The third-order valence-corrected chi connectivity index (χ3v) is 6.28. The Morgan fingerprint density at radius 1 is 1.15 bits per heavy atom. The molecule has 2 saturated heterocycles. The van der Waals surface area contributed by atoms with Crippen molar-refractivity contribution in [2.24, 2.45) is 0 Å². The van der Waals surface area contributed by atoms with Gasteiger partial charge in [-0.25, -0.2) is 4.98 Å². The minimum Gasteiger partial charge on any atom is -0.490 e. The molecule has 0 radical (unpaired) electrons. The van der Waals surface area contributed by atoms with Crippen molar-refractivity contribution < 1.29 is 9.47 Å². The lowest BCUT2D eigenvalue weighted by Crippen LogP contribution is -2.38. The van der Waals surface area contributed by atoms with E-state index in [1.165, 1.54) is 10.9 Å². The number of hydrogen-bond acceptors (Lipinski definition) is 5. The molecule has 0 amide bonds. The average Bonchev–Trinajstić information content (AvgIpc) is 3.43. The lowest BCUT2D eigenvalue weighted by Gasteiger charge is -2.32. The maximum absolute atomic E-state index is 6.42. The Balaban J connectivity index is 1.31. The van der Waals surface area contributed by atoms with Gasteiger partial charge >= 0.3 is 0 Å². The molecule has 2 aliphatic rings. The lowest BCUT2D eigenvalue weighted by atomic mass is 10.1. The Bertz CT molecular complexity index is 862. The number of anilines is 1. The molecule has 6 heteroatoms. The van der Waals surface area contributed by atoms with E-state index in [-0.39, 0.29) is 6.10 Å². The predicted molar refractivity (Wildman–Crippen MR) is 104 cm³/mol. The molecular weight excluding hydrogens is 346 g/mol. The number of rotatable bonds is 4. The van der Waals surface area contributed by atoms with Gasteiger partial charge in [0.25, 0.3) is 0 Å². The van der Waals surface area contributed by atoms with Crippen LogP contribution in [0.25, 0.3) is 10.9 Å². The van der Waals surface area contributed by atoms with E-state index in [9.17, 15) is 0 Å². The van der Waals surface area contributed by atoms with Crippen LogP contribution in [-0.4, -0.2) is 42.0 Å². The van der Waals surface area contributed by atoms with Gasteiger partial charge in [0.15, 0.2) is 5.13 Å². The highest BCUT2D eigenvalue weighted by Crippen LogP contribution is 2.33. The summed E-state index contributed by atoms with van der Waals surface area (Å²) in [4.78, 5) is 6.78. The van der Waals surface area contributed by atoms with Gasteiger partial charge < -0.3 is 18.9 Å². The van der Waals surface area contributed by atoms with Gasteiger partial charge in [-0.1, -0.05) is 6.07 Å². The van der Waals surface area contributed by atoms with E-state index in [0.717, 1.165) is 56.4 Å². The smallest absolute Gasteiger partial charge is 0.185 e. The highest BCUT2D eigenvalue weighted by Gasteiger charge is 2.24. The molecule has 0 aliphatic carbocycles. The van der Waals surface area contributed by atoms with Crippen LogP contribution in [0.1, 0.15) is 25.3 Å². The van der Waals surface area contributed by atoms with Gasteiger partial charge in [0, 0.05) is 55.7 Å². The molecule has 4 heterocycles. The third-order valence-electron chi connectivity index (χ3n) is 5.45. The Labute approximate surface area is 157 Å². The Morgan fingerprint density at radius 2 is 2.08 bits per heavy atom. The second-order valence-corrected chi connectivity index (χ2v) is 7.92.